The van der Waals surface area contributed by atoms with Crippen LogP contribution in [0.3, 0.4) is 0 Å². The topological polar surface area (TPSA) is 36.8 Å². The molecule has 0 spiro atoms. The van der Waals surface area contributed by atoms with E-state index in [2.05, 4.69) is 11.4 Å². The van der Waals surface area contributed by atoms with Gasteiger partial charge in [-0.3, -0.25) is 4.79 Å². The van der Waals surface area contributed by atoms with Crippen molar-refractivity contribution in [2.45, 2.75) is 51.2 Å². The van der Waals surface area contributed by atoms with Crippen molar-refractivity contribution >= 4 is 11.6 Å². The smallest absolute Gasteiger partial charge is 0.360 e. The number of carbonyl (C=O) groups excluding carboxylic acids is 1. The summed E-state index contributed by atoms with van der Waals surface area (Å²) < 4.78 is 38.8. The lowest BCUT2D eigenvalue weighted by atomic mass is 9.97. The molecule has 2 N–H and O–H groups in total. The van der Waals surface area contributed by atoms with Gasteiger partial charge in [-0.1, -0.05) is 17.7 Å². The molecule has 7 heteroatoms. The number of hydrogen-bond acceptors (Lipinski definition) is 2. The number of quaternary nitrogens is 1. The third-order valence-corrected chi connectivity index (χ3v) is 6.08. The van der Waals surface area contributed by atoms with Crippen molar-refractivity contribution in [2.24, 2.45) is 0 Å². The molecule has 1 atom stereocenters. The molecular weight excluding hydrogens is 379 g/mol. The maximum absolute atomic E-state index is 12.9. The summed E-state index contributed by atoms with van der Waals surface area (Å²) in [5.41, 5.74) is 1.42. The van der Waals surface area contributed by atoms with E-state index in [-0.39, 0.29) is 11.9 Å². The quantitative estimate of drug-likeness (QED) is 0.708. The normalized spacial score (nSPS) is 19.6. The molecule has 3 rings (SSSR count). The van der Waals surface area contributed by atoms with E-state index >= 15 is 0 Å². The van der Waals surface area contributed by atoms with E-state index in [0.717, 1.165) is 38.4 Å². The number of nitrogens with zero attached hydrogens (tertiary/aromatic N) is 1. The minimum atomic E-state index is -4.33. The van der Waals surface area contributed by atoms with Gasteiger partial charge in [0.15, 0.2) is 6.04 Å². The first-order valence-corrected chi connectivity index (χ1v) is 10.6. The Balaban J connectivity index is 1.46. The van der Waals surface area contributed by atoms with Crippen LogP contribution in [0.2, 0.25) is 0 Å². The molecule has 0 aromatic heterocycles. The molecule has 0 unspecified atom stereocenters. The van der Waals surface area contributed by atoms with Crippen LogP contribution < -0.4 is 15.1 Å². The van der Waals surface area contributed by atoms with Gasteiger partial charge >= 0.3 is 6.18 Å². The van der Waals surface area contributed by atoms with Crippen LogP contribution in [0.25, 0.3) is 0 Å². The van der Waals surface area contributed by atoms with Crippen molar-refractivity contribution in [2.75, 3.05) is 37.6 Å². The minimum absolute atomic E-state index is 0.0592. The number of rotatable bonds is 6. The largest absolute Gasteiger partial charge is 0.416 e. The van der Waals surface area contributed by atoms with Crippen molar-refractivity contribution in [3.05, 3.63) is 41.5 Å². The highest BCUT2D eigenvalue weighted by atomic mass is 19.4. The number of piperazine rings is 1. The Morgan fingerprint density at radius 2 is 2.00 bits per heavy atom. The highest BCUT2D eigenvalue weighted by Crippen LogP contribution is 2.31. The molecule has 0 saturated carbocycles. The van der Waals surface area contributed by atoms with Crippen molar-refractivity contribution in [1.82, 2.24) is 5.32 Å². The number of benzene rings is 1. The molecule has 1 aliphatic heterocycles. The van der Waals surface area contributed by atoms with Crippen LogP contribution in [-0.4, -0.2) is 44.7 Å². The summed E-state index contributed by atoms with van der Waals surface area (Å²) in [7, 11) is 0. The average molecular weight is 411 g/mol. The summed E-state index contributed by atoms with van der Waals surface area (Å²) in [5, 5.41) is 3.05. The summed E-state index contributed by atoms with van der Waals surface area (Å²) in [4.78, 5) is 15.7. The summed E-state index contributed by atoms with van der Waals surface area (Å²) >= 11 is 0. The lowest BCUT2D eigenvalue weighted by molar-refractivity contribution is -0.914. The van der Waals surface area contributed by atoms with E-state index in [1.54, 1.807) is 6.07 Å². The van der Waals surface area contributed by atoms with E-state index in [9.17, 15) is 18.0 Å². The fraction of sp³-hybridized carbons (Fsp3) is 0.591. The molecule has 0 radical (unpaired) electrons. The van der Waals surface area contributed by atoms with Crippen LogP contribution >= 0.6 is 0 Å². The van der Waals surface area contributed by atoms with Crippen LogP contribution in [0.5, 0.6) is 0 Å². The van der Waals surface area contributed by atoms with Gasteiger partial charge in [-0.05, 0) is 57.2 Å². The van der Waals surface area contributed by atoms with Crippen LogP contribution in [0.15, 0.2) is 35.9 Å². The maximum Gasteiger partial charge on any atom is 0.416 e. The van der Waals surface area contributed by atoms with E-state index in [1.807, 2.05) is 11.8 Å². The molecule has 1 aliphatic carbocycles. The second-order valence-electron chi connectivity index (χ2n) is 8.06. The SMILES string of the molecule is C[C@@H](C(=O)NCCC1=CCCCC1)[NH+]1CCN(c2cccc(C(F)(F)F)c2)CC1. The van der Waals surface area contributed by atoms with Crippen molar-refractivity contribution in [1.29, 1.82) is 0 Å². The number of nitrogens with one attached hydrogen (secondary N) is 2. The zero-order valence-electron chi connectivity index (χ0n) is 17.0. The van der Waals surface area contributed by atoms with E-state index in [1.165, 1.54) is 35.4 Å². The van der Waals surface area contributed by atoms with Crippen molar-refractivity contribution in [3.8, 4) is 0 Å². The number of halogens is 3. The molecular formula is C22H31F3N3O+. The van der Waals surface area contributed by atoms with Gasteiger partial charge < -0.3 is 15.1 Å². The first-order chi connectivity index (χ1) is 13.8. The molecule has 1 amide bonds. The summed E-state index contributed by atoms with van der Waals surface area (Å²) in [5.74, 6) is 0.0592. The summed E-state index contributed by atoms with van der Waals surface area (Å²) in [6.07, 6.45) is 3.71. The molecule has 4 nitrogen and oxygen atoms in total. The van der Waals surface area contributed by atoms with Gasteiger partial charge in [0, 0.05) is 12.2 Å². The molecule has 29 heavy (non-hydrogen) atoms. The standard InChI is InChI=1S/C22H30F3N3O/c1-17(21(29)26-11-10-18-6-3-2-4-7-18)27-12-14-28(15-13-27)20-9-5-8-19(16-20)22(23,24)25/h5-6,8-9,16-17H,2-4,7,10-15H2,1H3,(H,26,29)/p+1/t17-/m0/s1. The minimum Gasteiger partial charge on any atom is -0.360 e. The van der Waals surface area contributed by atoms with Gasteiger partial charge in [0.1, 0.15) is 0 Å². The van der Waals surface area contributed by atoms with Crippen molar-refractivity contribution in [3.63, 3.8) is 0 Å². The first-order valence-electron chi connectivity index (χ1n) is 10.6. The molecule has 1 fully saturated rings. The Kier molecular flexibility index (Phi) is 7.22. The highest BCUT2D eigenvalue weighted by molar-refractivity contribution is 5.79. The fourth-order valence-electron chi connectivity index (χ4n) is 4.18. The van der Waals surface area contributed by atoms with Gasteiger partial charge in [-0.2, -0.15) is 13.2 Å². The fourth-order valence-corrected chi connectivity index (χ4v) is 4.18. The van der Waals surface area contributed by atoms with Gasteiger partial charge in [0.05, 0.1) is 31.7 Å². The maximum atomic E-state index is 12.9. The van der Waals surface area contributed by atoms with Gasteiger partial charge in [0.2, 0.25) is 0 Å². The highest BCUT2D eigenvalue weighted by Gasteiger charge is 2.32. The van der Waals surface area contributed by atoms with E-state index in [4.69, 9.17) is 0 Å². The number of allylic oxidation sites excluding steroid dienone is 1. The number of carbonyl (C=O) groups is 1. The second-order valence-corrected chi connectivity index (χ2v) is 8.06. The second kappa shape index (κ2) is 9.65. The average Bonchev–Trinajstić information content (AvgIpc) is 2.73. The Labute approximate surface area is 170 Å². The number of amides is 1. The molecule has 1 saturated heterocycles. The first kappa shape index (κ1) is 21.7. The number of hydrogen-bond donors (Lipinski definition) is 2. The number of anilines is 1. The molecule has 160 valence electrons. The van der Waals surface area contributed by atoms with E-state index < -0.39 is 11.7 Å². The predicted molar refractivity (Wildman–Crippen MR) is 108 cm³/mol. The Hall–Kier alpha value is -2.02. The zero-order valence-corrected chi connectivity index (χ0v) is 17.0. The monoisotopic (exact) mass is 410 g/mol. The van der Waals surface area contributed by atoms with E-state index in [0.29, 0.717) is 25.3 Å². The van der Waals surface area contributed by atoms with Crippen LogP contribution in [0.4, 0.5) is 18.9 Å². The van der Waals surface area contributed by atoms with Gasteiger partial charge in [0.25, 0.3) is 5.91 Å². The molecule has 1 aromatic rings. The lowest BCUT2D eigenvalue weighted by Crippen LogP contribution is -3.19. The summed E-state index contributed by atoms with van der Waals surface area (Å²) in [6.45, 7) is 5.36. The Morgan fingerprint density at radius 3 is 2.66 bits per heavy atom. The van der Waals surface area contributed by atoms with Crippen LogP contribution in [0.1, 0.15) is 44.6 Å². The predicted octanol–water partition coefficient (Wildman–Crippen LogP) is 2.81. The van der Waals surface area contributed by atoms with Gasteiger partial charge in [-0.15, -0.1) is 0 Å². The molecule has 1 heterocycles. The third-order valence-electron chi connectivity index (χ3n) is 6.08. The Bertz CT molecular complexity index is 724. The third kappa shape index (κ3) is 5.98. The lowest BCUT2D eigenvalue weighted by Gasteiger charge is -2.36. The van der Waals surface area contributed by atoms with Crippen LogP contribution in [-0.2, 0) is 11.0 Å². The molecule has 1 aromatic carbocycles. The van der Waals surface area contributed by atoms with Crippen LogP contribution in [0, 0.1) is 0 Å². The Morgan fingerprint density at radius 1 is 1.24 bits per heavy atom. The molecule has 2 aliphatic rings. The summed E-state index contributed by atoms with van der Waals surface area (Å²) in [6, 6.07) is 5.33. The van der Waals surface area contributed by atoms with Crippen molar-refractivity contribution < 1.29 is 22.9 Å². The molecule has 0 bridgehead atoms. The number of alkyl halides is 3. The zero-order chi connectivity index (χ0) is 20.9. The van der Waals surface area contributed by atoms with Gasteiger partial charge in [-0.25, -0.2) is 0 Å².